The highest BCUT2D eigenvalue weighted by Gasteiger charge is 2.45. The minimum Gasteiger partial charge on any atom is -0.461 e. The number of likely N-dealkylation sites (tertiary alicyclic amines) is 1. The van der Waals surface area contributed by atoms with Gasteiger partial charge in [-0.3, -0.25) is 29.3 Å². The fourth-order valence-electron chi connectivity index (χ4n) is 13.2. The van der Waals surface area contributed by atoms with E-state index in [1.165, 1.54) is 6.07 Å². The summed E-state index contributed by atoms with van der Waals surface area (Å²) in [5, 5.41) is 9.85. The van der Waals surface area contributed by atoms with Crippen molar-refractivity contribution >= 4 is 62.3 Å². The SMILES string of the molecule is C#Cc1c(F)ccc2cccc(-c3nc4c5c(nc(OCC67CCCN6CCC7)nc5c3F)N3CCCOCC3CC4)c12.COC.Cn1nc(C2CCC(=O)NC2=O)c2ccc(N3CCC(OC4CCN(C=O)CC4)CC3)cc21. The van der Waals surface area contributed by atoms with Crippen molar-refractivity contribution in [3.8, 4) is 29.6 Å². The van der Waals surface area contributed by atoms with Gasteiger partial charge >= 0.3 is 6.01 Å². The van der Waals surface area contributed by atoms with Crippen molar-refractivity contribution in [1.29, 1.82) is 0 Å². The number of pyridine rings is 1. The zero-order valence-electron chi connectivity index (χ0n) is 45.5. The van der Waals surface area contributed by atoms with E-state index in [-0.39, 0.29) is 64.3 Å². The van der Waals surface area contributed by atoms with Crippen LogP contribution in [0.3, 0.4) is 0 Å². The summed E-state index contributed by atoms with van der Waals surface area (Å²) in [6.45, 7) is 8.07. The summed E-state index contributed by atoms with van der Waals surface area (Å²) < 4.78 is 56.5. The van der Waals surface area contributed by atoms with Gasteiger partial charge in [-0.05, 0) is 120 Å². The lowest BCUT2D eigenvalue weighted by Crippen LogP contribution is -2.43. The highest BCUT2D eigenvalue weighted by Crippen LogP contribution is 2.43. The monoisotopic (exact) mass is 1080 g/mol. The molecule has 0 radical (unpaired) electrons. The molecule has 3 aromatic carbocycles. The highest BCUT2D eigenvalue weighted by molar-refractivity contribution is 6.04. The van der Waals surface area contributed by atoms with E-state index < -0.39 is 11.6 Å². The van der Waals surface area contributed by atoms with Gasteiger partial charge in [0.1, 0.15) is 29.5 Å². The molecule has 3 amide bonds. The van der Waals surface area contributed by atoms with Crippen LogP contribution in [0.1, 0.15) is 99.9 Å². The first-order valence-electron chi connectivity index (χ1n) is 28.1. The molecule has 2 unspecified atom stereocenters. The summed E-state index contributed by atoms with van der Waals surface area (Å²) in [5.41, 5.74) is 4.42. The number of anilines is 2. The number of methoxy groups -OCH3 is 1. The second-order valence-corrected chi connectivity index (χ2v) is 22.1. The number of benzene rings is 3. The zero-order valence-corrected chi connectivity index (χ0v) is 45.5. The maximum atomic E-state index is 16.9. The Morgan fingerprint density at radius 1 is 0.873 bits per heavy atom. The molecule has 6 saturated heterocycles. The van der Waals surface area contributed by atoms with Crippen molar-refractivity contribution < 1.29 is 42.1 Å². The van der Waals surface area contributed by atoms with E-state index in [0.29, 0.717) is 72.3 Å². The van der Waals surface area contributed by atoms with Gasteiger partial charge in [-0.2, -0.15) is 15.1 Å². The van der Waals surface area contributed by atoms with Gasteiger partial charge < -0.3 is 33.6 Å². The number of terminal acetylenes is 1. The van der Waals surface area contributed by atoms with Crippen molar-refractivity contribution in [2.75, 3.05) is 89.7 Å². The first-order valence-corrected chi connectivity index (χ1v) is 28.1. The molecule has 1 N–H and O–H groups in total. The van der Waals surface area contributed by atoms with Crippen molar-refractivity contribution in [2.24, 2.45) is 7.05 Å². The molecular weight excluding hydrogens is 1010 g/mol. The van der Waals surface area contributed by atoms with Crippen molar-refractivity contribution in [3.05, 3.63) is 77.1 Å². The molecule has 10 heterocycles. The number of amides is 3. The lowest BCUT2D eigenvalue weighted by Gasteiger charge is -2.37. The number of ether oxygens (including phenoxy) is 4. The Morgan fingerprint density at radius 2 is 1.63 bits per heavy atom. The normalized spacial score (nSPS) is 21.5. The molecule has 19 heteroatoms. The van der Waals surface area contributed by atoms with E-state index in [1.807, 2.05) is 28.8 Å². The third-order valence-electron chi connectivity index (χ3n) is 17.2. The van der Waals surface area contributed by atoms with Gasteiger partial charge in [-0.15, -0.1) is 6.42 Å². The molecule has 3 aromatic heterocycles. The summed E-state index contributed by atoms with van der Waals surface area (Å²) in [6.07, 6.45) is 18.6. The van der Waals surface area contributed by atoms with Gasteiger partial charge in [-0.1, -0.05) is 30.2 Å². The van der Waals surface area contributed by atoms with Crippen LogP contribution in [0, 0.1) is 24.0 Å². The number of imide groups is 1. The number of aromatic nitrogens is 5. The molecule has 0 bridgehead atoms. The standard InChI is InChI=1S/C34H33F2N5O2.C24H31N5O4.C2H6O/c1-2-23-25(35)11-9-21-7-3-8-24(27(21)23)30-29(36)31-28-26(37-30)12-10-22-19-42-18-6-17-41(22)32(28)39-33(38-31)43-20-34-13-4-15-40(34)16-5-14-34;1-27-21-14-16(2-3-19(21)23(26-27)20-4-5-22(31)25-24(20)32)29-12-8-18(9-13-29)33-17-6-10-28(15-30)11-7-17;1-3-2/h1,3,7-9,11,22H,4-6,10,12-20H2;2-3,14-15,17-18,20H,4-13H2,1H3,(H,25,31,32);1-2H3. The number of carbonyl (C=O) groups excluding carboxylic acids is 3. The van der Waals surface area contributed by atoms with Crippen molar-refractivity contribution in [1.82, 2.24) is 39.8 Å². The smallest absolute Gasteiger partial charge is 0.319 e. The predicted molar refractivity (Wildman–Crippen MR) is 297 cm³/mol. The van der Waals surface area contributed by atoms with Gasteiger partial charge in [0.05, 0.1) is 64.2 Å². The Hall–Kier alpha value is -6.85. The maximum Gasteiger partial charge on any atom is 0.319 e. The number of hydrogen-bond acceptors (Lipinski definition) is 14. The molecular formula is C60H70F2N10O7. The lowest BCUT2D eigenvalue weighted by atomic mass is 9.92. The van der Waals surface area contributed by atoms with Crippen molar-refractivity contribution in [2.45, 2.75) is 113 Å². The van der Waals surface area contributed by atoms with Gasteiger partial charge in [0.2, 0.25) is 18.2 Å². The molecule has 0 saturated carbocycles. The number of hydrogen-bond donors (Lipinski definition) is 1. The third-order valence-corrected chi connectivity index (χ3v) is 17.2. The first kappa shape index (κ1) is 54.1. The molecule has 17 nitrogen and oxygen atoms in total. The van der Waals surface area contributed by atoms with E-state index in [9.17, 15) is 18.8 Å². The van der Waals surface area contributed by atoms with Crippen LogP contribution in [0.4, 0.5) is 20.3 Å². The second-order valence-electron chi connectivity index (χ2n) is 22.1. The second kappa shape index (κ2) is 23.5. The molecule has 13 rings (SSSR count). The van der Waals surface area contributed by atoms with Crippen LogP contribution in [0.25, 0.3) is 43.8 Å². The Bertz CT molecular complexity index is 3290. The minimum absolute atomic E-state index is 0.00280. The topological polar surface area (TPSA) is 170 Å². The Balaban J connectivity index is 0.000000165. The summed E-state index contributed by atoms with van der Waals surface area (Å²) in [6, 6.07) is 15.0. The fourth-order valence-corrected chi connectivity index (χ4v) is 13.2. The zero-order chi connectivity index (χ0) is 54.8. The minimum atomic E-state index is -0.585. The Morgan fingerprint density at radius 3 is 2.37 bits per heavy atom. The van der Waals surface area contributed by atoms with Gasteiger partial charge in [-0.25, -0.2) is 13.8 Å². The lowest BCUT2D eigenvalue weighted by molar-refractivity contribution is -0.134. The number of nitrogens with zero attached hydrogens (tertiary/aromatic N) is 9. The van der Waals surface area contributed by atoms with Crippen LogP contribution in [0.2, 0.25) is 0 Å². The molecule has 6 fully saturated rings. The molecule has 2 atom stereocenters. The average Bonchev–Trinajstić information content (AvgIpc) is 4.21. The highest BCUT2D eigenvalue weighted by atomic mass is 19.1. The molecule has 79 heavy (non-hydrogen) atoms. The average molecular weight is 1080 g/mol. The number of halogens is 2. The van der Waals surface area contributed by atoms with Gasteiger partial charge in [0.15, 0.2) is 5.82 Å². The molecule has 0 spiro atoms. The summed E-state index contributed by atoms with van der Waals surface area (Å²) in [4.78, 5) is 58.3. The maximum absolute atomic E-state index is 16.9. The van der Waals surface area contributed by atoms with E-state index in [4.69, 9.17) is 35.6 Å². The van der Waals surface area contributed by atoms with E-state index in [1.54, 1.807) is 26.4 Å². The molecule has 7 aliphatic rings. The fraction of sp³-hybridized carbons (Fsp3) is 0.517. The van der Waals surface area contributed by atoms with Gasteiger partial charge in [0.25, 0.3) is 0 Å². The van der Waals surface area contributed by atoms with Gasteiger partial charge in [0, 0.05) is 89.0 Å². The molecule has 416 valence electrons. The number of aryl methyl sites for hydroxylation is 2. The van der Waals surface area contributed by atoms with E-state index in [2.05, 4.69) is 54.0 Å². The van der Waals surface area contributed by atoms with Crippen molar-refractivity contribution in [3.63, 3.8) is 0 Å². The van der Waals surface area contributed by atoms with Crippen LogP contribution >= 0.6 is 0 Å². The van der Waals surface area contributed by atoms with Crippen LogP contribution < -0.4 is 19.9 Å². The molecule has 6 aromatic rings. The summed E-state index contributed by atoms with van der Waals surface area (Å²) >= 11 is 0. The number of carbonyl (C=O) groups is 3. The number of piperidine rings is 3. The van der Waals surface area contributed by atoms with Crippen LogP contribution in [-0.4, -0.2) is 156 Å². The number of rotatable bonds is 9. The van der Waals surface area contributed by atoms with Crippen LogP contribution in [0.5, 0.6) is 6.01 Å². The van der Waals surface area contributed by atoms with Crippen LogP contribution in [-0.2, 0) is 42.1 Å². The first-order chi connectivity index (χ1) is 38.5. The largest absolute Gasteiger partial charge is 0.461 e. The summed E-state index contributed by atoms with van der Waals surface area (Å²) in [5.74, 6) is 1.17. The predicted octanol–water partition coefficient (Wildman–Crippen LogP) is 7.62. The number of fused-ring (bicyclic) bond motifs is 5. The molecule has 0 aliphatic carbocycles. The number of nitrogens with one attached hydrogen (secondary N) is 1. The Labute approximate surface area is 459 Å². The quantitative estimate of drug-likeness (QED) is 0.0853. The Kier molecular flexibility index (Phi) is 16.1. The summed E-state index contributed by atoms with van der Waals surface area (Å²) in [7, 11) is 5.15. The van der Waals surface area contributed by atoms with Crippen LogP contribution in [0.15, 0.2) is 48.5 Å². The molecule has 7 aliphatic heterocycles. The van der Waals surface area contributed by atoms with E-state index in [0.717, 1.165) is 139 Å². The van der Waals surface area contributed by atoms with E-state index >= 15 is 4.39 Å². The third kappa shape index (κ3) is 10.8.